The number of aryl methyl sites for hydroxylation is 1. The summed E-state index contributed by atoms with van der Waals surface area (Å²) in [4.78, 5) is 15.8. The first kappa shape index (κ1) is 30.3. The van der Waals surface area contributed by atoms with Crippen LogP contribution >= 0.6 is 27.5 Å². The van der Waals surface area contributed by atoms with E-state index in [2.05, 4.69) is 37.7 Å². The molecule has 0 unspecified atom stereocenters. The lowest BCUT2D eigenvalue weighted by Gasteiger charge is -2.46. The van der Waals surface area contributed by atoms with Gasteiger partial charge in [0.15, 0.2) is 0 Å². The van der Waals surface area contributed by atoms with Crippen molar-refractivity contribution in [2.75, 3.05) is 29.9 Å². The minimum absolute atomic E-state index is 0.0447. The van der Waals surface area contributed by atoms with E-state index in [1.165, 1.54) is 24.0 Å². The number of halogens is 2. The van der Waals surface area contributed by atoms with Crippen LogP contribution in [0.5, 0.6) is 5.75 Å². The third-order valence-electron chi connectivity index (χ3n) is 10.8. The Bertz CT molecular complexity index is 1450. The summed E-state index contributed by atoms with van der Waals surface area (Å²) >= 11 is 10.2. The van der Waals surface area contributed by atoms with Crippen molar-refractivity contribution in [1.29, 1.82) is 0 Å². The lowest BCUT2D eigenvalue weighted by molar-refractivity contribution is 0.0980. The molecule has 6 atom stereocenters. The van der Waals surface area contributed by atoms with E-state index in [4.69, 9.17) is 16.3 Å². The molecule has 9 heteroatoms. The second-order valence-electron chi connectivity index (χ2n) is 13.3. The van der Waals surface area contributed by atoms with Crippen molar-refractivity contribution in [3.05, 3.63) is 58.1 Å². The number of alkyl halides is 1. The Morgan fingerprint density at radius 1 is 1.10 bits per heavy atom. The van der Waals surface area contributed by atoms with Gasteiger partial charge >= 0.3 is 0 Å². The topological polar surface area (TPSA) is 75.7 Å². The molecule has 42 heavy (non-hydrogen) atoms. The molecule has 2 heterocycles. The normalized spacial score (nSPS) is 32.9. The van der Waals surface area contributed by atoms with E-state index in [9.17, 15) is 13.2 Å². The van der Waals surface area contributed by atoms with Crippen molar-refractivity contribution in [3.8, 4) is 5.75 Å². The summed E-state index contributed by atoms with van der Waals surface area (Å²) in [6, 6.07) is 11.7. The zero-order valence-corrected chi connectivity index (χ0v) is 27.7. The maximum Gasteiger partial charge on any atom is 0.264 e. The van der Waals surface area contributed by atoms with Gasteiger partial charge in [-0.15, -0.1) is 0 Å². The summed E-state index contributed by atoms with van der Waals surface area (Å²) in [7, 11) is -3.83. The average Bonchev–Trinajstić information content (AvgIpc) is 3.10. The zero-order chi connectivity index (χ0) is 29.6. The molecule has 2 bridgehead atoms. The van der Waals surface area contributed by atoms with Crippen molar-refractivity contribution in [3.63, 3.8) is 0 Å². The van der Waals surface area contributed by atoms with Gasteiger partial charge in [0.05, 0.1) is 17.5 Å². The lowest BCUT2D eigenvalue weighted by Crippen LogP contribution is -2.49. The van der Waals surface area contributed by atoms with Gasteiger partial charge in [0.1, 0.15) is 5.75 Å². The fourth-order valence-corrected chi connectivity index (χ4v) is 10.2. The molecule has 0 aromatic heterocycles. The Morgan fingerprint density at radius 2 is 1.93 bits per heavy atom. The number of nitrogens with zero attached hydrogens (tertiary/aromatic N) is 1. The molecule has 1 fully saturated rings. The van der Waals surface area contributed by atoms with E-state index in [1.807, 2.05) is 25.1 Å². The Balaban J connectivity index is 1.42. The zero-order valence-electron chi connectivity index (χ0n) is 24.6. The molecule has 2 aromatic rings. The summed E-state index contributed by atoms with van der Waals surface area (Å²) in [5.74, 6) is 1.88. The number of carbonyl (C=O) groups is 1. The fourth-order valence-electron chi connectivity index (χ4n) is 7.91. The second kappa shape index (κ2) is 12.0. The van der Waals surface area contributed by atoms with E-state index in [0.29, 0.717) is 29.9 Å². The van der Waals surface area contributed by atoms with Gasteiger partial charge in [-0.1, -0.05) is 46.9 Å². The van der Waals surface area contributed by atoms with Crippen molar-refractivity contribution in [2.24, 2.45) is 23.7 Å². The summed E-state index contributed by atoms with van der Waals surface area (Å²) in [6.07, 6.45) is 8.42. The number of amides is 1. The van der Waals surface area contributed by atoms with Crippen LogP contribution in [0.2, 0.25) is 5.02 Å². The van der Waals surface area contributed by atoms with Crippen LogP contribution in [-0.4, -0.2) is 44.6 Å². The summed E-state index contributed by atoms with van der Waals surface area (Å²) in [5.41, 5.74) is 3.64. The molecule has 2 aliphatic heterocycles. The first-order valence-electron chi connectivity index (χ1n) is 15.5. The molecule has 4 aliphatic rings. The van der Waals surface area contributed by atoms with Crippen LogP contribution in [0.15, 0.2) is 36.4 Å². The van der Waals surface area contributed by atoms with Crippen LogP contribution in [0, 0.1) is 23.7 Å². The standard InChI is InChI=1S/C33H42BrClN2O4S/c1-21-5-3-6-25(17-34)28-11-8-26(28)18-37-19-33(14-4-7-23-15-27(35)10-12-29(23)33)20-41-31-13-9-24(16-30(31)37)32(38)36-42(39,40)22(21)2/h9-10,12-13,15-16,21-22,25-26,28H,3-8,11,14,17-20H2,1-2H3,(H,36,38)/t21-,22+,25-,26-,28-,33-/m0/s1. The van der Waals surface area contributed by atoms with E-state index in [-0.39, 0.29) is 11.3 Å². The molecule has 0 saturated heterocycles. The Hall–Kier alpha value is -1.77. The molecule has 0 radical (unpaired) electrons. The molecule has 228 valence electrons. The maximum atomic E-state index is 13.4. The molecule has 1 saturated carbocycles. The highest BCUT2D eigenvalue weighted by Crippen LogP contribution is 2.48. The fraction of sp³-hybridized carbons (Fsp3) is 0.606. The average molecular weight is 678 g/mol. The number of anilines is 1. The highest BCUT2D eigenvalue weighted by atomic mass is 79.9. The van der Waals surface area contributed by atoms with Crippen LogP contribution in [0.3, 0.4) is 0 Å². The molecule has 2 aromatic carbocycles. The largest absolute Gasteiger partial charge is 0.490 e. The van der Waals surface area contributed by atoms with E-state index in [1.54, 1.807) is 13.0 Å². The molecule has 2 aliphatic carbocycles. The molecule has 6 rings (SSSR count). The SMILES string of the molecule is C[C@@H]1[C@@H](C)CCC[C@@H](CBr)[C@@H]2CC[C@H]2CN2C[C@@]3(CCCc4cc(Cl)ccc43)COc3ccc(cc32)C(=O)NS1(=O)=O. The number of fused-ring (bicyclic) bond motifs is 4. The Labute approximate surface area is 264 Å². The Morgan fingerprint density at radius 3 is 2.69 bits per heavy atom. The number of nitrogens with one attached hydrogen (secondary N) is 1. The van der Waals surface area contributed by atoms with Gasteiger partial charge in [-0.2, -0.15) is 0 Å². The van der Waals surface area contributed by atoms with Crippen molar-refractivity contribution < 1.29 is 17.9 Å². The van der Waals surface area contributed by atoms with Crippen LogP contribution in [0.4, 0.5) is 5.69 Å². The molecule has 1 N–H and O–H groups in total. The van der Waals surface area contributed by atoms with E-state index >= 15 is 0 Å². The number of ether oxygens (including phenoxy) is 1. The molecular weight excluding hydrogens is 636 g/mol. The van der Waals surface area contributed by atoms with Gasteiger partial charge in [0.2, 0.25) is 10.0 Å². The third-order valence-corrected chi connectivity index (χ3v) is 13.8. The van der Waals surface area contributed by atoms with Crippen LogP contribution in [0.1, 0.15) is 80.3 Å². The number of sulfonamides is 1. The van der Waals surface area contributed by atoms with Gasteiger partial charge < -0.3 is 9.64 Å². The second-order valence-corrected chi connectivity index (χ2v) is 16.4. The maximum absolute atomic E-state index is 13.4. The highest BCUT2D eigenvalue weighted by Gasteiger charge is 2.44. The van der Waals surface area contributed by atoms with Gasteiger partial charge in [0.25, 0.3) is 5.91 Å². The third kappa shape index (κ3) is 5.72. The van der Waals surface area contributed by atoms with Gasteiger partial charge in [-0.3, -0.25) is 4.79 Å². The quantitative estimate of drug-likeness (QED) is 0.326. The monoisotopic (exact) mass is 676 g/mol. The molecule has 6 nitrogen and oxygen atoms in total. The molecule has 1 amide bonds. The van der Waals surface area contributed by atoms with Crippen LogP contribution in [0.25, 0.3) is 0 Å². The number of carbonyl (C=O) groups excluding carboxylic acids is 1. The first-order valence-corrected chi connectivity index (χ1v) is 18.6. The predicted octanol–water partition coefficient (Wildman–Crippen LogP) is 7.12. The summed E-state index contributed by atoms with van der Waals surface area (Å²) in [5, 5.41) is 1.07. The van der Waals surface area contributed by atoms with Crippen LogP contribution < -0.4 is 14.4 Å². The minimum atomic E-state index is -3.83. The summed E-state index contributed by atoms with van der Waals surface area (Å²) in [6.45, 7) is 5.94. The highest BCUT2D eigenvalue weighted by molar-refractivity contribution is 9.09. The van der Waals surface area contributed by atoms with Gasteiger partial charge in [-0.25, -0.2) is 13.1 Å². The van der Waals surface area contributed by atoms with E-state index < -0.39 is 21.2 Å². The van der Waals surface area contributed by atoms with Crippen molar-refractivity contribution >= 4 is 49.1 Å². The number of hydrogen-bond donors (Lipinski definition) is 1. The predicted molar refractivity (Wildman–Crippen MR) is 173 cm³/mol. The summed E-state index contributed by atoms with van der Waals surface area (Å²) < 4.78 is 35.5. The van der Waals surface area contributed by atoms with Crippen molar-refractivity contribution in [1.82, 2.24) is 4.72 Å². The number of benzene rings is 2. The molecular formula is C33H42BrClN2O4S. The lowest BCUT2D eigenvalue weighted by atomic mass is 9.65. The Kier molecular flexibility index (Phi) is 8.62. The smallest absolute Gasteiger partial charge is 0.264 e. The molecule has 1 spiro atoms. The van der Waals surface area contributed by atoms with Crippen LogP contribution in [-0.2, 0) is 21.9 Å². The number of hydrogen-bond acceptors (Lipinski definition) is 5. The minimum Gasteiger partial charge on any atom is -0.490 e. The number of rotatable bonds is 1. The van der Waals surface area contributed by atoms with Crippen molar-refractivity contribution in [2.45, 2.75) is 75.9 Å². The van der Waals surface area contributed by atoms with E-state index in [0.717, 1.165) is 73.4 Å². The van der Waals surface area contributed by atoms with Gasteiger partial charge in [0, 0.05) is 34.4 Å². The first-order chi connectivity index (χ1) is 20.1. The van der Waals surface area contributed by atoms with Gasteiger partial charge in [-0.05, 0) is 117 Å².